The van der Waals surface area contributed by atoms with Crippen LogP contribution in [-0.4, -0.2) is 35.4 Å². The van der Waals surface area contributed by atoms with E-state index >= 15 is 0 Å². The van der Waals surface area contributed by atoms with Gasteiger partial charge in [0.1, 0.15) is 0 Å². The number of nitrogens with zero attached hydrogens (tertiary/aromatic N) is 1. The van der Waals surface area contributed by atoms with Crippen LogP contribution >= 0.6 is 0 Å². The number of hydrogen-bond donors (Lipinski definition) is 0. The molecular formula is C12H13NO6. The van der Waals surface area contributed by atoms with Crippen molar-refractivity contribution in [3.05, 3.63) is 0 Å². The van der Waals surface area contributed by atoms with Gasteiger partial charge in [-0.25, -0.2) is 4.79 Å². The maximum absolute atomic E-state index is 11.3. The van der Waals surface area contributed by atoms with E-state index in [1.165, 1.54) is 0 Å². The number of hydrogen-bond acceptors (Lipinski definition) is 6. The summed E-state index contributed by atoms with van der Waals surface area (Å²) >= 11 is 0. The second kappa shape index (κ2) is 7.16. The monoisotopic (exact) mass is 267 g/mol. The van der Waals surface area contributed by atoms with Crippen LogP contribution in [-0.2, 0) is 28.8 Å². The predicted molar refractivity (Wildman–Crippen MR) is 60.8 cm³/mol. The molecule has 1 fully saturated rings. The van der Waals surface area contributed by atoms with Gasteiger partial charge in [-0.05, 0) is 6.42 Å². The lowest BCUT2D eigenvalue weighted by molar-refractivity contribution is -0.197. The highest BCUT2D eigenvalue weighted by molar-refractivity contribution is 6.01. The molecule has 0 saturated carbocycles. The van der Waals surface area contributed by atoms with Gasteiger partial charge in [0.2, 0.25) is 0 Å². The van der Waals surface area contributed by atoms with Crippen molar-refractivity contribution in [3.63, 3.8) is 0 Å². The van der Waals surface area contributed by atoms with Crippen LogP contribution in [0, 0.1) is 12.3 Å². The lowest BCUT2D eigenvalue weighted by Crippen LogP contribution is -2.32. The number of esters is 1. The number of imide groups is 1. The van der Waals surface area contributed by atoms with Gasteiger partial charge in [0, 0.05) is 25.7 Å². The first kappa shape index (κ1) is 14.7. The van der Waals surface area contributed by atoms with Gasteiger partial charge in [-0.1, -0.05) is 5.92 Å². The Morgan fingerprint density at radius 3 is 2.32 bits per heavy atom. The van der Waals surface area contributed by atoms with E-state index in [4.69, 9.17) is 6.42 Å². The second-order valence-electron chi connectivity index (χ2n) is 3.76. The molecule has 102 valence electrons. The van der Waals surface area contributed by atoms with Gasteiger partial charge in [0.25, 0.3) is 11.8 Å². The van der Waals surface area contributed by atoms with Crippen LogP contribution in [0.2, 0.25) is 0 Å². The third-order valence-corrected chi connectivity index (χ3v) is 2.28. The summed E-state index contributed by atoms with van der Waals surface area (Å²) in [5.41, 5.74) is 0. The smallest absolute Gasteiger partial charge is 0.333 e. The normalized spacial score (nSPS) is 14.2. The zero-order valence-corrected chi connectivity index (χ0v) is 10.2. The van der Waals surface area contributed by atoms with Crippen molar-refractivity contribution >= 4 is 23.8 Å². The van der Waals surface area contributed by atoms with Crippen LogP contribution < -0.4 is 0 Å². The molecule has 0 aromatic carbocycles. The van der Waals surface area contributed by atoms with Gasteiger partial charge in [0.15, 0.2) is 6.61 Å². The number of carbonyl (C=O) groups excluding carboxylic acids is 4. The van der Waals surface area contributed by atoms with Crippen LogP contribution in [0.1, 0.15) is 32.1 Å². The van der Waals surface area contributed by atoms with Crippen LogP contribution in [0.4, 0.5) is 0 Å². The van der Waals surface area contributed by atoms with Crippen LogP contribution in [0.3, 0.4) is 0 Å². The largest absolute Gasteiger partial charge is 0.452 e. The molecule has 1 aliphatic rings. The number of rotatable bonds is 6. The SMILES string of the molecule is C#CCOC(=O)CCCC(=O)ON1C(=O)CCC1=O. The molecule has 0 N–H and O–H groups in total. The van der Waals surface area contributed by atoms with Crippen molar-refractivity contribution < 1.29 is 28.8 Å². The van der Waals surface area contributed by atoms with E-state index in [9.17, 15) is 19.2 Å². The molecule has 0 bridgehead atoms. The van der Waals surface area contributed by atoms with E-state index in [-0.39, 0.29) is 38.7 Å². The summed E-state index contributed by atoms with van der Waals surface area (Å²) in [5, 5.41) is 0.471. The van der Waals surface area contributed by atoms with Crippen molar-refractivity contribution in [2.75, 3.05) is 6.61 Å². The van der Waals surface area contributed by atoms with Crippen LogP contribution in [0.5, 0.6) is 0 Å². The highest BCUT2D eigenvalue weighted by atomic mass is 16.7. The van der Waals surface area contributed by atoms with Gasteiger partial charge in [-0.2, -0.15) is 0 Å². The zero-order chi connectivity index (χ0) is 14.3. The fourth-order valence-corrected chi connectivity index (χ4v) is 1.38. The molecular weight excluding hydrogens is 254 g/mol. The molecule has 0 radical (unpaired) electrons. The average Bonchev–Trinajstić information content (AvgIpc) is 2.68. The van der Waals surface area contributed by atoms with Crippen LogP contribution in [0.25, 0.3) is 0 Å². The summed E-state index contributed by atoms with van der Waals surface area (Å²) in [7, 11) is 0. The Bertz CT molecular complexity index is 420. The van der Waals surface area contributed by atoms with E-state index < -0.39 is 23.8 Å². The Labute approximate surface area is 109 Å². The number of amides is 2. The number of terminal acetylenes is 1. The lowest BCUT2D eigenvalue weighted by Gasteiger charge is -2.12. The summed E-state index contributed by atoms with van der Waals surface area (Å²) in [6, 6.07) is 0. The summed E-state index contributed by atoms with van der Waals surface area (Å²) in [6.45, 7) is -0.111. The topological polar surface area (TPSA) is 90.0 Å². The van der Waals surface area contributed by atoms with Gasteiger partial charge >= 0.3 is 11.9 Å². The average molecular weight is 267 g/mol. The van der Waals surface area contributed by atoms with E-state index in [0.29, 0.717) is 5.06 Å². The first-order valence-corrected chi connectivity index (χ1v) is 5.70. The highest BCUT2D eigenvalue weighted by Crippen LogP contribution is 2.13. The van der Waals surface area contributed by atoms with Gasteiger partial charge in [0.05, 0.1) is 0 Å². The third kappa shape index (κ3) is 4.79. The molecule has 1 aliphatic heterocycles. The second-order valence-corrected chi connectivity index (χ2v) is 3.76. The minimum absolute atomic E-state index is 0.0126. The van der Waals surface area contributed by atoms with E-state index in [1.807, 2.05) is 0 Å². The molecule has 0 aliphatic carbocycles. The quantitative estimate of drug-likeness (QED) is 0.380. The Hall–Kier alpha value is -2.36. The Morgan fingerprint density at radius 2 is 1.74 bits per heavy atom. The standard InChI is InChI=1S/C12H13NO6/c1-2-8-18-11(16)4-3-5-12(17)19-13-9(14)6-7-10(13)15/h1H,3-8H2. The first-order chi connectivity index (χ1) is 9.04. The molecule has 1 heterocycles. The summed E-state index contributed by atoms with van der Waals surface area (Å²) in [6.07, 6.45) is 5.10. The van der Waals surface area contributed by atoms with Crippen LogP contribution in [0.15, 0.2) is 0 Å². The van der Waals surface area contributed by atoms with Gasteiger partial charge in [-0.15, -0.1) is 11.5 Å². The zero-order valence-electron chi connectivity index (χ0n) is 10.2. The van der Waals surface area contributed by atoms with Gasteiger partial charge in [-0.3, -0.25) is 14.4 Å². The van der Waals surface area contributed by atoms with Crippen molar-refractivity contribution in [1.29, 1.82) is 0 Å². The van der Waals surface area contributed by atoms with E-state index in [2.05, 4.69) is 15.5 Å². The maximum atomic E-state index is 11.3. The number of carbonyl (C=O) groups is 4. The van der Waals surface area contributed by atoms with E-state index in [1.54, 1.807) is 0 Å². The van der Waals surface area contributed by atoms with Crippen molar-refractivity contribution in [1.82, 2.24) is 5.06 Å². The molecule has 0 unspecified atom stereocenters. The molecule has 7 heteroatoms. The Balaban J connectivity index is 2.21. The summed E-state index contributed by atoms with van der Waals surface area (Å²) in [4.78, 5) is 49.3. The molecule has 1 rings (SSSR count). The minimum atomic E-state index is -0.742. The molecule has 0 atom stereocenters. The first-order valence-electron chi connectivity index (χ1n) is 5.70. The predicted octanol–water partition coefficient (Wildman–Crippen LogP) is -0.0597. The Kier molecular flexibility index (Phi) is 5.54. The minimum Gasteiger partial charge on any atom is -0.452 e. The van der Waals surface area contributed by atoms with E-state index in [0.717, 1.165) is 0 Å². The lowest BCUT2D eigenvalue weighted by atomic mass is 10.2. The van der Waals surface area contributed by atoms with Crippen molar-refractivity contribution in [2.24, 2.45) is 0 Å². The summed E-state index contributed by atoms with van der Waals surface area (Å²) < 4.78 is 4.59. The molecule has 0 spiro atoms. The molecule has 0 aromatic rings. The van der Waals surface area contributed by atoms with Crippen molar-refractivity contribution in [2.45, 2.75) is 32.1 Å². The third-order valence-electron chi connectivity index (χ3n) is 2.28. The molecule has 2 amide bonds. The maximum Gasteiger partial charge on any atom is 0.333 e. The summed E-state index contributed by atoms with van der Waals surface area (Å²) in [5.74, 6) is -0.188. The molecule has 1 saturated heterocycles. The fourth-order valence-electron chi connectivity index (χ4n) is 1.38. The highest BCUT2D eigenvalue weighted by Gasteiger charge is 2.32. The van der Waals surface area contributed by atoms with Gasteiger partial charge < -0.3 is 9.57 Å². The molecule has 19 heavy (non-hydrogen) atoms. The Morgan fingerprint density at radius 1 is 1.16 bits per heavy atom. The number of hydroxylamine groups is 2. The molecule has 7 nitrogen and oxygen atoms in total. The molecule has 0 aromatic heterocycles. The van der Waals surface area contributed by atoms with Crippen molar-refractivity contribution in [3.8, 4) is 12.3 Å². The number of ether oxygens (including phenoxy) is 1. The fraction of sp³-hybridized carbons (Fsp3) is 0.500.